The predicted molar refractivity (Wildman–Crippen MR) is 86.7 cm³/mol. The van der Waals surface area contributed by atoms with E-state index in [1.54, 1.807) is 11.0 Å². The fraction of sp³-hybridized carbons (Fsp3) is 0.529. The van der Waals surface area contributed by atoms with E-state index in [0.29, 0.717) is 13.0 Å². The Kier molecular flexibility index (Phi) is 4.69. The first-order valence-electron chi connectivity index (χ1n) is 8.21. The third kappa shape index (κ3) is 3.75. The van der Waals surface area contributed by atoms with Gasteiger partial charge in [0, 0.05) is 31.5 Å². The zero-order chi connectivity index (χ0) is 16.1. The Hall–Kier alpha value is -2.24. The van der Waals surface area contributed by atoms with Crippen molar-refractivity contribution in [3.05, 3.63) is 42.2 Å². The van der Waals surface area contributed by atoms with Crippen molar-refractivity contribution in [2.24, 2.45) is 0 Å². The minimum atomic E-state index is 0.0605. The second-order valence-corrected chi connectivity index (χ2v) is 6.52. The van der Waals surface area contributed by atoms with Crippen molar-refractivity contribution in [2.75, 3.05) is 13.1 Å². The molecule has 0 spiro atoms. The molecule has 1 aromatic carbocycles. The maximum Gasteiger partial charge on any atom is 0.222 e. The molecule has 1 aromatic heterocycles. The summed E-state index contributed by atoms with van der Waals surface area (Å²) in [6.07, 6.45) is 5.08. The number of hydrogen-bond acceptors (Lipinski definition) is 4. The third-order valence-corrected chi connectivity index (χ3v) is 4.69. The van der Waals surface area contributed by atoms with E-state index in [2.05, 4.69) is 46.7 Å². The summed E-state index contributed by atoms with van der Waals surface area (Å²) in [6, 6.07) is 10.5. The average molecular weight is 313 g/mol. The van der Waals surface area contributed by atoms with Crippen molar-refractivity contribution in [3.63, 3.8) is 0 Å². The highest BCUT2D eigenvalue weighted by atomic mass is 16.2. The van der Waals surface area contributed by atoms with Crippen molar-refractivity contribution in [1.82, 2.24) is 25.1 Å². The summed E-state index contributed by atoms with van der Waals surface area (Å²) in [5.41, 5.74) is 1.39. The second-order valence-electron chi connectivity index (χ2n) is 6.52. The Morgan fingerprint density at radius 3 is 2.87 bits per heavy atom. The number of aromatic nitrogens is 4. The monoisotopic (exact) mass is 313 g/mol. The molecule has 1 fully saturated rings. The van der Waals surface area contributed by atoms with Gasteiger partial charge in [-0.25, -0.2) is 4.68 Å². The van der Waals surface area contributed by atoms with Gasteiger partial charge >= 0.3 is 0 Å². The van der Waals surface area contributed by atoms with Gasteiger partial charge in [0.25, 0.3) is 0 Å². The Morgan fingerprint density at radius 2 is 2.13 bits per heavy atom. The van der Waals surface area contributed by atoms with Crippen LogP contribution in [0.3, 0.4) is 0 Å². The van der Waals surface area contributed by atoms with E-state index in [1.807, 2.05) is 11.0 Å². The fourth-order valence-electron chi connectivity index (χ4n) is 3.36. The van der Waals surface area contributed by atoms with Gasteiger partial charge in [0.1, 0.15) is 6.33 Å². The smallest absolute Gasteiger partial charge is 0.222 e. The standard InChI is InChI=1S/C17H23N5O/c1-17(15-7-3-2-4-8-15)10-6-11-21(13-17)16(23)9-5-12-22-14-18-19-20-22/h2-4,7-8,14H,5-6,9-13H2,1H3/t17-/m0/s1. The molecular formula is C17H23N5O. The lowest BCUT2D eigenvalue weighted by Crippen LogP contribution is -2.47. The van der Waals surface area contributed by atoms with Crippen LogP contribution in [0.2, 0.25) is 0 Å². The maximum atomic E-state index is 12.5. The minimum Gasteiger partial charge on any atom is -0.342 e. The van der Waals surface area contributed by atoms with Crippen LogP contribution >= 0.6 is 0 Å². The summed E-state index contributed by atoms with van der Waals surface area (Å²) in [4.78, 5) is 14.5. The minimum absolute atomic E-state index is 0.0605. The SMILES string of the molecule is C[C@]1(c2ccccc2)CCCN(C(=O)CCCn2cnnn2)C1. The van der Waals surface area contributed by atoms with Crippen LogP contribution in [-0.2, 0) is 16.8 Å². The molecule has 0 bridgehead atoms. The summed E-state index contributed by atoms with van der Waals surface area (Å²) in [5.74, 6) is 0.236. The molecular weight excluding hydrogens is 290 g/mol. The van der Waals surface area contributed by atoms with E-state index in [4.69, 9.17) is 0 Å². The van der Waals surface area contributed by atoms with Crippen LogP contribution in [0.5, 0.6) is 0 Å². The number of nitrogens with zero attached hydrogens (tertiary/aromatic N) is 5. The van der Waals surface area contributed by atoms with Gasteiger partial charge in [0.15, 0.2) is 0 Å². The Morgan fingerprint density at radius 1 is 1.30 bits per heavy atom. The summed E-state index contributed by atoms with van der Waals surface area (Å²) >= 11 is 0. The molecule has 6 nitrogen and oxygen atoms in total. The number of carbonyl (C=O) groups is 1. The van der Waals surface area contributed by atoms with Crippen LogP contribution in [0.1, 0.15) is 38.2 Å². The van der Waals surface area contributed by atoms with Gasteiger partial charge < -0.3 is 4.90 Å². The zero-order valence-electron chi connectivity index (χ0n) is 13.6. The molecule has 1 aliphatic heterocycles. The van der Waals surface area contributed by atoms with Crippen LogP contribution in [0, 0.1) is 0 Å². The van der Waals surface area contributed by atoms with Gasteiger partial charge in [-0.3, -0.25) is 4.79 Å². The molecule has 1 amide bonds. The van der Waals surface area contributed by atoms with E-state index in [0.717, 1.165) is 32.4 Å². The molecule has 1 atom stereocenters. The Balaban J connectivity index is 1.56. The number of benzene rings is 1. The number of likely N-dealkylation sites (tertiary alicyclic amines) is 1. The van der Waals surface area contributed by atoms with Crippen LogP contribution in [0.15, 0.2) is 36.7 Å². The van der Waals surface area contributed by atoms with Crippen molar-refractivity contribution >= 4 is 5.91 Å². The Labute approximate surface area is 136 Å². The number of rotatable bonds is 5. The van der Waals surface area contributed by atoms with Crippen molar-refractivity contribution in [3.8, 4) is 0 Å². The molecule has 0 unspecified atom stereocenters. The summed E-state index contributed by atoms with van der Waals surface area (Å²) in [5, 5.41) is 11.0. The van der Waals surface area contributed by atoms with Crippen molar-refractivity contribution < 1.29 is 4.79 Å². The van der Waals surface area contributed by atoms with E-state index in [1.165, 1.54) is 5.56 Å². The highest BCUT2D eigenvalue weighted by Crippen LogP contribution is 2.33. The highest BCUT2D eigenvalue weighted by molar-refractivity contribution is 5.76. The quantitative estimate of drug-likeness (QED) is 0.847. The second kappa shape index (κ2) is 6.89. The topological polar surface area (TPSA) is 63.9 Å². The summed E-state index contributed by atoms with van der Waals surface area (Å²) in [7, 11) is 0. The first kappa shape index (κ1) is 15.6. The molecule has 0 radical (unpaired) electrons. The van der Waals surface area contributed by atoms with Crippen LogP contribution < -0.4 is 0 Å². The molecule has 1 saturated heterocycles. The molecule has 0 saturated carbocycles. The zero-order valence-corrected chi connectivity index (χ0v) is 13.6. The van der Waals surface area contributed by atoms with Gasteiger partial charge in [-0.15, -0.1) is 5.10 Å². The molecule has 1 aliphatic rings. The van der Waals surface area contributed by atoms with Crippen molar-refractivity contribution in [1.29, 1.82) is 0 Å². The number of amides is 1. The molecule has 0 N–H and O–H groups in total. The molecule has 3 rings (SSSR count). The lowest BCUT2D eigenvalue weighted by Gasteiger charge is -2.41. The number of aryl methyl sites for hydroxylation is 1. The number of hydrogen-bond donors (Lipinski definition) is 0. The first-order valence-corrected chi connectivity index (χ1v) is 8.21. The third-order valence-electron chi connectivity index (χ3n) is 4.69. The van der Waals surface area contributed by atoms with Gasteiger partial charge in [0.05, 0.1) is 0 Å². The van der Waals surface area contributed by atoms with Gasteiger partial charge in [-0.05, 0) is 35.3 Å². The molecule has 122 valence electrons. The maximum absolute atomic E-state index is 12.5. The normalized spacial score (nSPS) is 21.3. The van der Waals surface area contributed by atoms with Crippen LogP contribution in [0.25, 0.3) is 0 Å². The van der Waals surface area contributed by atoms with Gasteiger partial charge in [-0.1, -0.05) is 37.3 Å². The number of carbonyl (C=O) groups excluding carboxylic acids is 1. The molecule has 23 heavy (non-hydrogen) atoms. The number of piperidine rings is 1. The molecule has 6 heteroatoms. The Bertz CT molecular complexity index is 628. The first-order chi connectivity index (χ1) is 11.2. The predicted octanol–water partition coefficient (Wildman–Crippen LogP) is 2.03. The molecule has 0 aliphatic carbocycles. The molecule has 2 heterocycles. The lowest BCUT2D eigenvalue weighted by molar-refractivity contribution is -0.133. The van der Waals surface area contributed by atoms with E-state index < -0.39 is 0 Å². The van der Waals surface area contributed by atoms with E-state index in [9.17, 15) is 4.79 Å². The lowest BCUT2D eigenvalue weighted by atomic mass is 9.76. The highest BCUT2D eigenvalue weighted by Gasteiger charge is 2.34. The average Bonchev–Trinajstić information content (AvgIpc) is 3.09. The van der Waals surface area contributed by atoms with Gasteiger partial charge in [0.2, 0.25) is 5.91 Å². The fourth-order valence-corrected chi connectivity index (χ4v) is 3.36. The summed E-state index contributed by atoms with van der Waals surface area (Å²) < 4.78 is 1.66. The number of tetrazole rings is 1. The van der Waals surface area contributed by atoms with Crippen LogP contribution in [-0.4, -0.2) is 44.1 Å². The van der Waals surface area contributed by atoms with E-state index in [-0.39, 0.29) is 11.3 Å². The summed E-state index contributed by atoms with van der Waals surface area (Å²) in [6.45, 7) is 4.62. The van der Waals surface area contributed by atoms with Crippen LogP contribution in [0.4, 0.5) is 0 Å². The van der Waals surface area contributed by atoms with Crippen molar-refractivity contribution in [2.45, 2.75) is 44.6 Å². The van der Waals surface area contributed by atoms with E-state index >= 15 is 0 Å². The molecule has 2 aromatic rings. The largest absolute Gasteiger partial charge is 0.342 e. The van der Waals surface area contributed by atoms with Gasteiger partial charge in [-0.2, -0.15) is 0 Å².